The van der Waals surface area contributed by atoms with E-state index < -0.39 is 0 Å². The molecule has 0 fully saturated rings. The minimum Gasteiger partial charge on any atom is -0.505 e. The summed E-state index contributed by atoms with van der Waals surface area (Å²) in [5.74, 6) is 0.454. The van der Waals surface area contributed by atoms with Gasteiger partial charge in [-0.25, -0.2) is 0 Å². The highest BCUT2D eigenvalue weighted by Crippen LogP contribution is 2.40. The highest BCUT2D eigenvalue weighted by molar-refractivity contribution is 6.10. The van der Waals surface area contributed by atoms with Gasteiger partial charge in [0.25, 0.3) is 0 Å². The molecule has 0 atom stereocenters. The molecule has 0 aliphatic heterocycles. The molecule has 2 heterocycles. The Morgan fingerprint density at radius 2 is 0.900 bits per heavy atom. The van der Waals surface area contributed by atoms with Crippen molar-refractivity contribution in [3.63, 3.8) is 0 Å². The van der Waals surface area contributed by atoms with Crippen molar-refractivity contribution in [1.29, 1.82) is 0 Å². The third-order valence-corrected chi connectivity index (χ3v) is 10.0. The Labute approximate surface area is 292 Å². The zero-order chi connectivity index (χ0) is 34.6. The maximum Gasteiger partial charge on any atom is 0.148 e. The zero-order valence-electron chi connectivity index (χ0n) is 28.7. The molecule has 50 heavy (non-hydrogen) atoms. The van der Waals surface area contributed by atoms with E-state index in [4.69, 9.17) is 11.8 Å². The molecule has 0 amide bonds. The number of rotatable bonds is 9. The average molecular weight is 660 g/mol. The van der Waals surface area contributed by atoms with E-state index in [0.29, 0.717) is 26.2 Å². The topological polar surface area (TPSA) is 59.5 Å². The quantitative estimate of drug-likeness (QED) is 0.120. The second-order valence-corrected chi connectivity index (χ2v) is 13.7. The Morgan fingerprint density at radius 1 is 0.560 bits per heavy atom. The van der Waals surface area contributed by atoms with Crippen LogP contribution in [0.3, 0.4) is 0 Å². The van der Waals surface area contributed by atoms with Gasteiger partial charge in [-0.2, -0.15) is 0 Å². The van der Waals surface area contributed by atoms with Crippen LogP contribution in [0.5, 0.6) is 11.5 Å². The minimum absolute atomic E-state index is 0.227. The van der Waals surface area contributed by atoms with Gasteiger partial charge in [0.1, 0.15) is 11.5 Å². The normalized spacial score (nSPS) is 12.2. The maximum atomic E-state index is 12.1. The molecule has 0 saturated carbocycles. The zero-order valence-corrected chi connectivity index (χ0v) is 28.7. The van der Waals surface area contributed by atoms with E-state index in [2.05, 4.69) is 120 Å². The van der Waals surface area contributed by atoms with Crippen molar-refractivity contribution in [2.24, 2.45) is 0 Å². The summed E-state index contributed by atoms with van der Waals surface area (Å²) >= 11 is 0. The molecule has 6 nitrogen and oxygen atoms in total. The molecular weight excluding hydrogens is 619 g/mol. The number of aromatic nitrogens is 2. The Balaban J connectivity index is 1.24. The number of methoxy groups -OCH3 is 1. The molecule has 0 aliphatic rings. The summed E-state index contributed by atoms with van der Waals surface area (Å²) in [6.45, 7) is 6.04. The lowest BCUT2D eigenvalue weighted by atomic mass is 10.0. The van der Waals surface area contributed by atoms with Crippen molar-refractivity contribution in [2.45, 2.75) is 26.9 Å². The molecule has 0 bridgehead atoms. The lowest BCUT2D eigenvalue weighted by molar-refractivity contribution is -0.912. The van der Waals surface area contributed by atoms with Gasteiger partial charge >= 0.3 is 0 Å². The average Bonchev–Trinajstić information content (AvgIpc) is 3.63. The highest BCUT2D eigenvalue weighted by Gasteiger charge is 2.26. The summed E-state index contributed by atoms with van der Waals surface area (Å²) in [5.41, 5.74) is 9.31. The summed E-state index contributed by atoms with van der Waals surface area (Å²) in [6.07, 6.45) is 0. The molecule has 0 spiro atoms. The van der Waals surface area contributed by atoms with Gasteiger partial charge in [-0.1, -0.05) is 72.8 Å². The highest BCUT2D eigenvalue weighted by atomic mass is 16.5. The van der Waals surface area contributed by atoms with E-state index >= 15 is 0 Å². The number of phenols is 2. The van der Waals surface area contributed by atoms with Crippen molar-refractivity contribution >= 4 is 43.6 Å². The van der Waals surface area contributed by atoms with Crippen LogP contribution in [0, 0.1) is 20.9 Å². The number of phenolic OH excluding ortho intramolecular Hbond substituents is 2. The number of fused-ring (bicyclic) bond motifs is 6. The number of aromatic hydroxyl groups is 2. The molecule has 6 aromatic carbocycles. The first-order valence-corrected chi connectivity index (χ1v) is 17.1. The molecule has 0 radical (unpaired) electrons. The van der Waals surface area contributed by atoms with Crippen molar-refractivity contribution in [2.75, 3.05) is 20.3 Å². The summed E-state index contributed by atoms with van der Waals surface area (Å²) in [5, 5.41) is 28.7. The van der Waals surface area contributed by atoms with Crippen LogP contribution in [0.1, 0.15) is 22.3 Å². The smallest absolute Gasteiger partial charge is 0.148 e. The van der Waals surface area contributed by atoms with Crippen LogP contribution in [0.4, 0.5) is 0 Å². The maximum absolute atomic E-state index is 12.1. The summed E-state index contributed by atoms with van der Waals surface area (Å²) in [4.78, 5) is 0. The summed E-state index contributed by atoms with van der Waals surface area (Å²) in [6, 6.07) is 41.5. The van der Waals surface area contributed by atoms with Crippen LogP contribution in [0.25, 0.3) is 55.0 Å². The number of aryl methyl sites for hydroxylation is 2. The molecule has 0 aliphatic carbocycles. The fraction of sp³-hybridized carbons (Fsp3) is 0.159. The van der Waals surface area contributed by atoms with Gasteiger partial charge in [0, 0.05) is 39.8 Å². The molecule has 0 unspecified atom stereocenters. The number of hydrogen-bond donors (Lipinski definition) is 2. The molecule has 0 saturated heterocycles. The first-order valence-electron chi connectivity index (χ1n) is 17.1. The third kappa shape index (κ3) is 5.28. The molecule has 2 N–H and O–H groups in total. The number of nitrogens with zero attached hydrogens (tertiary/aromatic N) is 3. The molecular formula is C44H41N3O3. The van der Waals surface area contributed by atoms with Crippen LogP contribution in [0.2, 0.25) is 0 Å². The standard InChI is InChI=1S/C44H41N3O3/c1-29-23-31(43(48)41(25-29)45-37-17-9-5-13-33(37)34-14-6-10-18-38(34)45)27-47(3,21-22-50-4)28-32-24-30(2)26-42(44(32)49)46-39-19-11-7-15-35(39)36-16-8-12-20-40(36)46/h5-20,23-26,48-49H,3,21-22,27-28H2,1-2,4H3. The number of para-hydroxylation sites is 4. The second-order valence-electron chi connectivity index (χ2n) is 13.7. The van der Waals surface area contributed by atoms with Crippen LogP contribution in [0.15, 0.2) is 121 Å². The number of benzene rings is 6. The molecule has 2 aromatic heterocycles. The van der Waals surface area contributed by atoms with E-state index in [0.717, 1.165) is 77.2 Å². The van der Waals surface area contributed by atoms with Crippen molar-refractivity contribution in [1.82, 2.24) is 9.13 Å². The predicted molar refractivity (Wildman–Crippen MR) is 204 cm³/mol. The molecule has 8 aromatic rings. The van der Waals surface area contributed by atoms with Crippen molar-refractivity contribution in [3.8, 4) is 22.9 Å². The third-order valence-electron chi connectivity index (χ3n) is 10.0. The van der Waals surface area contributed by atoms with E-state index in [1.807, 2.05) is 24.3 Å². The van der Waals surface area contributed by atoms with Crippen molar-refractivity contribution in [3.05, 3.63) is 151 Å². The Morgan fingerprint density at radius 3 is 1.24 bits per heavy atom. The minimum atomic E-state index is 0.227. The van der Waals surface area contributed by atoms with E-state index in [9.17, 15) is 10.2 Å². The fourth-order valence-electron chi connectivity index (χ4n) is 7.83. The first-order chi connectivity index (χ1) is 24.3. The van der Waals surface area contributed by atoms with Crippen molar-refractivity contribution < 1.29 is 19.4 Å². The van der Waals surface area contributed by atoms with Gasteiger partial charge in [0.2, 0.25) is 0 Å². The van der Waals surface area contributed by atoms with Gasteiger partial charge in [-0.15, -0.1) is 7.05 Å². The van der Waals surface area contributed by atoms with Crippen LogP contribution in [-0.4, -0.2) is 44.1 Å². The predicted octanol–water partition coefficient (Wildman–Crippen LogP) is 9.86. The fourth-order valence-corrected chi connectivity index (χ4v) is 7.83. The molecule has 6 heteroatoms. The number of hydrogen-bond acceptors (Lipinski definition) is 3. The SMILES string of the molecule is [CH2-][N+](CCOC)(Cc1cc(C)cc(-n2c3ccccc3c3ccccc32)c1O)Cc1cc(C)cc(-n2c3ccccc3c3ccccc32)c1O. The molecule has 250 valence electrons. The summed E-state index contributed by atoms with van der Waals surface area (Å²) < 4.78 is 10.2. The Hall–Kier alpha value is -5.56. The summed E-state index contributed by atoms with van der Waals surface area (Å²) in [7, 11) is 6.44. The lowest BCUT2D eigenvalue weighted by Gasteiger charge is -2.43. The van der Waals surface area contributed by atoms with Gasteiger partial charge < -0.3 is 28.6 Å². The van der Waals surface area contributed by atoms with Gasteiger partial charge in [-0.05, 0) is 73.5 Å². The Kier molecular flexibility index (Phi) is 7.86. The van der Waals surface area contributed by atoms with Crippen LogP contribution >= 0.6 is 0 Å². The number of ether oxygens (including phenoxy) is 1. The molecule has 8 rings (SSSR count). The largest absolute Gasteiger partial charge is 0.505 e. The van der Waals surface area contributed by atoms with Gasteiger partial charge in [0.15, 0.2) is 0 Å². The van der Waals surface area contributed by atoms with Gasteiger partial charge in [-0.3, -0.25) is 0 Å². The van der Waals surface area contributed by atoms with E-state index in [-0.39, 0.29) is 16.0 Å². The van der Waals surface area contributed by atoms with Crippen LogP contribution in [-0.2, 0) is 17.8 Å². The van der Waals surface area contributed by atoms with E-state index in [1.165, 1.54) is 0 Å². The second kappa shape index (κ2) is 12.4. The van der Waals surface area contributed by atoms with E-state index in [1.54, 1.807) is 7.11 Å². The van der Waals surface area contributed by atoms with Crippen LogP contribution < -0.4 is 0 Å². The number of quaternary nitrogens is 1. The lowest BCUT2D eigenvalue weighted by Crippen LogP contribution is -2.43. The first kappa shape index (κ1) is 31.7. The monoisotopic (exact) mass is 659 g/mol. The van der Waals surface area contributed by atoms with Gasteiger partial charge in [0.05, 0.1) is 59.7 Å². The Bertz CT molecular complexity index is 2280.